The van der Waals surface area contributed by atoms with Crippen LogP contribution in [0.2, 0.25) is 5.02 Å². The molecule has 5 nitrogen and oxygen atoms in total. The third kappa shape index (κ3) is 4.50. The lowest BCUT2D eigenvalue weighted by Crippen LogP contribution is -2.19. The Hall–Kier alpha value is -1.66. The Morgan fingerprint density at radius 1 is 1.16 bits per heavy atom. The fourth-order valence-corrected chi connectivity index (χ4v) is 2.63. The average molecular weight is 298 g/mol. The fourth-order valence-electron chi connectivity index (χ4n) is 1.46. The molecule has 2 aromatic rings. The molecule has 1 N–H and O–H groups in total. The maximum absolute atomic E-state index is 11.9. The number of nitrogens with zero attached hydrogens (tertiary/aromatic N) is 2. The molecule has 0 unspecified atom stereocenters. The monoisotopic (exact) mass is 297 g/mol. The van der Waals surface area contributed by atoms with Crippen LogP contribution in [-0.2, 0) is 16.4 Å². The summed E-state index contributed by atoms with van der Waals surface area (Å²) in [6, 6.07) is 8.42. The van der Waals surface area contributed by atoms with Gasteiger partial charge in [-0.3, -0.25) is 9.71 Å². The number of hydrogen-bond acceptors (Lipinski definition) is 4. The van der Waals surface area contributed by atoms with Crippen LogP contribution in [0, 0.1) is 0 Å². The number of halogens is 1. The molecule has 7 heteroatoms. The van der Waals surface area contributed by atoms with Gasteiger partial charge in [0, 0.05) is 35.6 Å². The van der Waals surface area contributed by atoms with Crippen LogP contribution < -0.4 is 4.72 Å². The van der Waals surface area contributed by atoms with Crippen LogP contribution in [0.3, 0.4) is 0 Å². The minimum absolute atomic E-state index is 0.0573. The number of pyridine rings is 2. The molecule has 0 fully saturated rings. The summed E-state index contributed by atoms with van der Waals surface area (Å²) in [5.41, 5.74) is 0.729. The van der Waals surface area contributed by atoms with E-state index in [-0.39, 0.29) is 11.6 Å². The first-order valence-electron chi connectivity index (χ1n) is 5.57. The molecule has 2 heterocycles. The highest BCUT2D eigenvalue weighted by atomic mass is 35.5. The van der Waals surface area contributed by atoms with Gasteiger partial charge >= 0.3 is 0 Å². The van der Waals surface area contributed by atoms with E-state index in [4.69, 9.17) is 11.6 Å². The summed E-state index contributed by atoms with van der Waals surface area (Å²) in [5, 5.41) is 0.428. The predicted molar refractivity (Wildman–Crippen MR) is 74.6 cm³/mol. The van der Waals surface area contributed by atoms with E-state index in [0.717, 1.165) is 5.69 Å². The summed E-state index contributed by atoms with van der Waals surface area (Å²) < 4.78 is 26.1. The highest BCUT2D eigenvalue weighted by Crippen LogP contribution is 2.13. The number of hydrogen-bond donors (Lipinski definition) is 1. The Labute approximate surface area is 116 Å². The summed E-state index contributed by atoms with van der Waals surface area (Å²) >= 11 is 5.76. The van der Waals surface area contributed by atoms with Crippen LogP contribution in [0.4, 0.5) is 5.82 Å². The van der Waals surface area contributed by atoms with E-state index < -0.39 is 10.0 Å². The van der Waals surface area contributed by atoms with Crippen molar-refractivity contribution in [1.29, 1.82) is 0 Å². The Bertz CT molecular complexity index is 647. The molecular formula is C12H12ClN3O2S. The Morgan fingerprint density at radius 2 is 2.00 bits per heavy atom. The van der Waals surface area contributed by atoms with E-state index in [1.807, 2.05) is 6.07 Å². The van der Waals surface area contributed by atoms with Gasteiger partial charge in [0.25, 0.3) is 0 Å². The third-order valence-corrected chi connectivity index (χ3v) is 3.83. The van der Waals surface area contributed by atoms with Crippen molar-refractivity contribution in [3.05, 3.63) is 53.4 Å². The van der Waals surface area contributed by atoms with Crippen LogP contribution in [0.1, 0.15) is 5.69 Å². The molecule has 100 valence electrons. The summed E-state index contributed by atoms with van der Waals surface area (Å²) in [6.07, 6.45) is 3.42. The quantitative estimate of drug-likeness (QED) is 0.917. The molecule has 0 saturated carbocycles. The van der Waals surface area contributed by atoms with Gasteiger partial charge in [-0.15, -0.1) is 0 Å². The highest BCUT2D eigenvalue weighted by molar-refractivity contribution is 7.92. The van der Waals surface area contributed by atoms with Crippen molar-refractivity contribution in [2.75, 3.05) is 10.5 Å². The standard InChI is InChI=1S/C12H12ClN3O2S/c13-10-4-7-15-12(9-10)16-19(17,18)8-5-11-3-1-2-6-14-11/h1-4,6-7,9H,5,8H2,(H,15,16). The van der Waals surface area contributed by atoms with Crippen molar-refractivity contribution >= 4 is 27.4 Å². The van der Waals surface area contributed by atoms with Crippen molar-refractivity contribution in [2.24, 2.45) is 0 Å². The number of sulfonamides is 1. The van der Waals surface area contributed by atoms with E-state index in [2.05, 4.69) is 14.7 Å². The summed E-state index contributed by atoms with van der Waals surface area (Å²) in [7, 11) is -3.46. The normalized spacial score (nSPS) is 11.2. The third-order valence-electron chi connectivity index (χ3n) is 2.34. The number of nitrogens with one attached hydrogen (secondary N) is 1. The molecule has 19 heavy (non-hydrogen) atoms. The smallest absolute Gasteiger partial charge is 0.234 e. The van der Waals surface area contributed by atoms with Gasteiger partial charge in [0.05, 0.1) is 5.75 Å². The molecule has 0 atom stereocenters. The first-order valence-corrected chi connectivity index (χ1v) is 7.60. The zero-order valence-corrected chi connectivity index (χ0v) is 11.5. The maximum Gasteiger partial charge on any atom is 0.234 e. The molecule has 0 aliphatic rings. The van der Waals surface area contributed by atoms with E-state index in [0.29, 0.717) is 11.4 Å². The van der Waals surface area contributed by atoms with Gasteiger partial charge in [0.15, 0.2) is 0 Å². The minimum atomic E-state index is -3.46. The van der Waals surface area contributed by atoms with E-state index in [1.165, 1.54) is 12.3 Å². The Kier molecular flexibility index (Phi) is 4.34. The molecule has 0 aliphatic heterocycles. The van der Waals surface area contributed by atoms with Crippen LogP contribution in [-0.4, -0.2) is 24.1 Å². The number of rotatable bonds is 5. The molecule has 2 rings (SSSR count). The zero-order chi connectivity index (χ0) is 13.7. The van der Waals surface area contributed by atoms with Crippen molar-refractivity contribution in [1.82, 2.24) is 9.97 Å². The molecule has 0 aliphatic carbocycles. The van der Waals surface area contributed by atoms with Gasteiger partial charge < -0.3 is 0 Å². The first kappa shape index (κ1) is 13.8. The topological polar surface area (TPSA) is 72.0 Å². The Morgan fingerprint density at radius 3 is 2.68 bits per heavy atom. The lowest BCUT2D eigenvalue weighted by molar-refractivity contribution is 0.600. The van der Waals surface area contributed by atoms with Gasteiger partial charge in [-0.05, 0) is 18.2 Å². The molecular weight excluding hydrogens is 286 g/mol. The second kappa shape index (κ2) is 5.99. The largest absolute Gasteiger partial charge is 0.267 e. The van der Waals surface area contributed by atoms with E-state index >= 15 is 0 Å². The molecule has 0 saturated heterocycles. The summed E-state index contributed by atoms with van der Waals surface area (Å²) in [5.74, 6) is 0.159. The van der Waals surface area contributed by atoms with Gasteiger partial charge in [0.1, 0.15) is 5.82 Å². The lowest BCUT2D eigenvalue weighted by Gasteiger charge is -2.07. The van der Waals surface area contributed by atoms with E-state index in [9.17, 15) is 8.42 Å². The average Bonchev–Trinajstić information content (AvgIpc) is 2.37. The highest BCUT2D eigenvalue weighted by Gasteiger charge is 2.12. The van der Waals surface area contributed by atoms with Gasteiger partial charge in [-0.1, -0.05) is 17.7 Å². The van der Waals surface area contributed by atoms with Crippen LogP contribution in [0.15, 0.2) is 42.7 Å². The SMILES string of the molecule is O=S(=O)(CCc1ccccn1)Nc1cc(Cl)ccn1. The molecule has 0 amide bonds. The molecule has 0 aromatic carbocycles. The predicted octanol–water partition coefficient (Wildman–Crippen LogP) is 2.11. The van der Waals surface area contributed by atoms with Crippen molar-refractivity contribution in [2.45, 2.75) is 6.42 Å². The number of aromatic nitrogens is 2. The molecule has 2 aromatic heterocycles. The van der Waals surface area contributed by atoms with Gasteiger partial charge in [-0.25, -0.2) is 13.4 Å². The number of aryl methyl sites for hydroxylation is 1. The van der Waals surface area contributed by atoms with Gasteiger partial charge in [0.2, 0.25) is 10.0 Å². The van der Waals surface area contributed by atoms with Crippen LogP contribution in [0.5, 0.6) is 0 Å². The van der Waals surface area contributed by atoms with Crippen molar-refractivity contribution in [3.8, 4) is 0 Å². The van der Waals surface area contributed by atoms with Crippen molar-refractivity contribution < 1.29 is 8.42 Å². The Balaban J connectivity index is 1.99. The second-order valence-corrected chi connectivity index (χ2v) is 6.13. The minimum Gasteiger partial charge on any atom is -0.267 e. The zero-order valence-electron chi connectivity index (χ0n) is 9.95. The summed E-state index contributed by atoms with van der Waals surface area (Å²) in [4.78, 5) is 7.96. The molecule has 0 radical (unpaired) electrons. The van der Waals surface area contributed by atoms with Crippen LogP contribution in [0.25, 0.3) is 0 Å². The van der Waals surface area contributed by atoms with Gasteiger partial charge in [-0.2, -0.15) is 0 Å². The summed E-state index contributed by atoms with van der Waals surface area (Å²) in [6.45, 7) is 0. The van der Waals surface area contributed by atoms with Crippen LogP contribution >= 0.6 is 11.6 Å². The lowest BCUT2D eigenvalue weighted by atomic mass is 10.3. The second-order valence-electron chi connectivity index (χ2n) is 3.85. The number of anilines is 1. The first-order chi connectivity index (χ1) is 9.05. The molecule has 0 spiro atoms. The van der Waals surface area contributed by atoms with Crippen molar-refractivity contribution in [3.63, 3.8) is 0 Å². The van der Waals surface area contributed by atoms with E-state index in [1.54, 1.807) is 24.4 Å². The fraction of sp³-hybridized carbons (Fsp3) is 0.167. The molecule has 0 bridgehead atoms. The maximum atomic E-state index is 11.9.